The van der Waals surface area contributed by atoms with Crippen LogP contribution in [-0.4, -0.2) is 33.7 Å². The lowest BCUT2D eigenvalue weighted by molar-refractivity contribution is 0.0973. The number of nitrogens with zero attached hydrogens (tertiary/aromatic N) is 3. The van der Waals surface area contributed by atoms with Gasteiger partial charge in [-0.1, -0.05) is 6.92 Å². The fraction of sp³-hybridized carbons (Fsp3) is 0.538. The topological polar surface area (TPSA) is 75.3 Å². The van der Waals surface area contributed by atoms with Gasteiger partial charge in [0.15, 0.2) is 0 Å². The van der Waals surface area contributed by atoms with Gasteiger partial charge < -0.3 is 15.7 Å². The Bertz CT molecular complexity index is 609. The molecule has 3 N–H and O–H groups in total. The number of piperidine rings is 1. The van der Waals surface area contributed by atoms with E-state index < -0.39 is 0 Å². The molecule has 0 radical (unpaired) electrons. The summed E-state index contributed by atoms with van der Waals surface area (Å²) in [7, 11) is 0. The lowest BCUT2D eigenvalue weighted by Gasteiger charge is -2.35. The molecule has 0 aliphatic carbocycles. The highest BCUT2D eigenvalue weighted by Gasteiger charge is 2.28. The quantitative estimate of drug-likeness (QED) is 0.890. The highest BCUT2D eigenvalue weighted by molar-refractivity contribution is 7.15. The van der Waals surface area contributed by atoms with Crippen molar-refractivity contribution in [3.8, 4) is 10.6 Å². The van der Waals surface area contributed by atoms with Gasteiger partial charge in [0.1, 0.15) is 15.8 Å². The molecule has 0 spiro atoms. The number of aryl methyl sites for hydroxylation is 1. The van der Waals surface area contributed by atoms with Crippen LogP contribution in [0, 0.1) is 12.8 Å². The predicted octanol–water partition coefficient (Wildman–Crippen LogP) is 2.36. The van der Waals surface area contributed by atoms with E-state index in [4.69, 9.17) is 5.73 Å². The van der Waals surface area contributed by atoms with Gasteiger partial charge in [-0.15, -0.1) is 11.3 Å². The minimum absolute atomic E-state index is 0.206. The Morgan fingerprint density at radius 2 is 2.30 bits per heavy atom. The maximum atomic E-state index is 9.86. The fourth-order valence-electron chi connectivity index (χ4n) is 2.50. The zero-order chi connectivity index (χ0) is 14.3. The first-order valence-electron chi connectivity index (χ1n) is 6.67. The number of aliphatic hydroxyl groups is 1. The molecule has 0 bridgehead atoms. The van der Waals surface area contributed by atoms with Gasteiger partial charge >= 0.3 is 0 Å². The van der Waals surface area contributed by atoms with E-state index in [1.54, 1.807) is 11.3 Å². The Morgan fingerprint density at radius 1 is 1.50 bits per heavy atom. The largest absolute Gasteiger partial charge is 0.393 e. The van der Waals surface area contributed by atoms with E-state index >= 15 is 0 Å². The van der Waals surface area contributed by atoms with Crippen molar-refractivity contribution in [3.63, 3.8) is 0 Å². The Labute approximate surface area is 126 Å². The van der Waals surface area contributed by atoms with E-state index in [1.807, 2.05) is 12.3 Å². The summed E-state index contributed by atoms with van der Waals surface area (Å²) in [6.07, 6.45) is 0.581. The second kappa shape index (κ2) is 5.31. The van der Waals surface area contributed by atoms with E-state index in [9.17, 15) is 5.11 Å². The van der Waals surface area contributed by atoms with Gasteiger partial charge in [0, 0.05) is 24.2 Å². The maximum Gasteiger partial charge on any atom is 0.149 e. The number of hydrogen-bond acceptors (Lipinski definition) is 7. The lowest BCUT2D eigenvalue weighted by Crippen LogP contribution is -2.41. The third kappa shape index (κ3) is 2.41. The molecule has 1 saturated heterocycles. The van der Waals surface area contributed by atoms with Crippen LogP contribution in [0.3, 0.4) is 0 Å². The molecule has 3 heterocycles. The second-order valence-corrected chi connectivity index (χ2v) is 6.93. The molecule has 2 unspecified atom stereocenters. The Morgan fingerprint density at radius 3 is 2.95 bits per heavy atom. The van der Waals surface area contributed by atoms with Crippen LogP contribution < -0.4 is 10.6 Å². The summed E-state index contributed by atoms with van der Waals surface area (Å²) in [6.45, 7) is 5.73. The summed E-state index contributed by atoms with van der Waals surface area (Å²) >= 11 is 3.03. The number of nitrogens with two attached hydrogens (primary N) is 1. The number of aliphatic hydroxyl groups excluding tert-OH is 1. The van der Waals surface area contributed by atoms with Crippen molar-refractivity contribution in [1.29, 1.82) is 0 Å². The zero-order valence-electron chi connectivity index (χ0n) is 11.5. The number of aromatic nitrogens is 2. The van der Waals surface area contributed by atoms with E-state index in [0.717, 1.165) is 40.8 Å². The standard InChI is InChI=1S/C13H18N4OS2/c1-7-5-17(4-3-9(7)18)13-10(11(14)16-20-13)12-15-8(2)6-19-12/h6-7,9,18H,3-5H2,1-2H3,(H2,14,16). The van der Waals surface area contributed by atoms with Gasteiger partial charge in [-0.2, -0.15) is 4.37 Å². The molecule has 2 atom stereocenters. The summed E-state index contributed by atoms with van der Waals surface area (Å²) < 4.78 is 4.30. The SMILES string of the molecule is Cc1csc(-c2c(N)nsc2N2CCC(O)C(C)C2)n1. The smallest absolute Gasteiger partial charge is 0.149 e. The van der Waals surface area contributed by atoms with Crippen LogP contribution in [0.25, 0.3) is 10.6 Å². The first-order chi connectivity index (χ1) is 9.56. The molecule has 7 heteroatoms. The minimum Gasteiger partial charge on any atom is -0.393 e. The monoisotopic (exact) mass is 310 g/mol. The Hall–Kier alpha value is -1.18. The van der Waals surface area contributed by atoms with E-state index in [0.29, 0.717) is 5.82 Å². The van der Waals surface area contributed by atoms with Crippen molar-refractivity contribution in [2.45, 2.75) is 26.4 Å². The molecule has 20 heavy (non-hydrogen) atoms. The minimum atomic E-state index is -0.206. The van der Waals surface area contributed by atoms with Crippen LogP contribution >= 0.6 is 22.9 Å². The summed E-state index contributed by atoms with van der Waals surface area (Å²) in [5.74, 6) is 0.816. The van der Waals surface area contributed by atoms with Crippen LogP contribution in [0.1, 0.15) is 19.0 Å². The fourth-order valence-corrected chi connectivity index (χ4v) is 4.26. The van der Waals surface area contributed by atoms with Crippen molar-refractivity contribution < 1.29 is 5.11 Å². The summed E-state index contributed by atoms with van der Waals surface area (Å²) in [6, 6.07) is 0. The molecule has 3 rings (SSSR count). The van der Waals surface area contributed by atoms with Crippen molar-refractivity contribution in [1.82, 2.24) is 9.36 Å². The Balaban J connectivity index is 1.95. The number of nitrogen functional groups attached to an aromatic ring is 1. The molecule has 5 nitrogen and oxygen atoms in total. The third-order valence-corrected chi connectivity index (χ3v) is 5.58. The van der Waals surface area contributed by atoms with Crippen molar-refractivity contribution in [2.75, 3.05) is 23.7 Å². The van der Waals surface area contributed by atoms with Crippen LogP contribution in [0.5, 0.6) is 0 Å². The average Bonchev–Trinajstić information content (AvgIpc) is 2.99. The third-order valence-electron chi connectivity index (χ3n) is 3.68. The molecule has 0 saturated carbocycles. The van der Waals surface area contributed by atoms with Crippen LogP contribution in [0.15, 0.2) is 5.38 Å². The van der Waals surface area contributed by atoms with Gasteiger partial charge in [0.2, 0.25) is 0 Å². The highest BCUT2D eigenvalue weighted by atomic mass is 32.1. The summed E-state index contributed by atoms with van der Waals surface area (Å²) in [4.78, 5) is 6.81. The normalized spacial score (nSPS) is 23.2. The highest BCUT2D eigenvalue weighted by Crippen LogP contribution is 2.41. The van der Waals surface area contributed by atoms with Crippen LogP contribution in [-0.2, 0) is 0 Å². The molecule has 0 aromatic carbocycles. The number of anilines is 2. The van der Waals surface area contributed by atoms with E-state index in [-0.39, 0.29) is 12.0 Å². The van der Waals surface area contributed by atoms with Gasteiger partial charge in [-0.3, -0.25) is 0 Å². The molecular formula is C13H18N4OS2. The maximum absolute atomic E-state index is 9.86. The van der Waals surface area contributed by atoms with Crippen molar-refractivity contribution >= 4 is 33.7 Å². The van der Waals surface area contributed by atoms with Crippen molar-refractivity contribution in [2.24, 2.45) is 5.92 Å². The van der Waals surface area contributed by atoms with E-state index in [1.165, 1.54) is 11.5 Å². The first-order valence-corrected chi connectivity index (χ1v) is 8.32. The van der Waals surface area contributed by atoms with Crippen LogP contribution in [0.2, 0.25) is 0 Å². The molecule has 0 amide bonds. The summed E-state index contributed by atoms with van der Waals surface area (Å²) in [5, 5.41) is 13.9. The molecule has 1 aliphatic heterocycles. The molecule has 108 valence electrons. The molecule has 2 aromatic rings. The van der Waals surface area contributed by atoms with Gasteiger partial charge in [0.05, 0.1) is 11.7 Å². The Kier molecular flexibility index (Phi) is 3.66. The van der Waals surface area contributed by atoms with Crippen LogP contribution in [0.4, 0.5) is 10.8 Å². The molecular weight excluding hydrogens is 292 g/mol. The van der Waals surface area contributed by atoms with E-state index in [2.05, 4.69) is 21.2 Å². The second-order valence-electron chi connectivity index (χ2n) is 5.32. The van der Waals surface area contributed by atoms with Gasteiger partial charge in [0.25, 0.3) is 0 Å². The zero-order valence-corrected chi connectivity index (χ0v) is 13.2. The number of rotatable bonds is 2. The van der Waals surface area contributed by atoms with Gasteiger partial charge in [-0.05, 0) is 30.8 Å². The number of thiazole rings is 1. The lowest BCUT2D eigenvalue weighted by atomic mass is 9.97. The first kappa shape index (κ1) is 13.8. The predicted molar refractivity (Wildman–Crippen MR) is 84.4 cm³/mol. The number of hydrogen-bond donors (Lipinski definition) is 2. The summed E-state index contributed by atoms with van der Waals surface area (Å²) in [5.41, 5.74) is 8.00. The molecule has 2 aromatic heterocycles. The average molecular weight is 310 g/mol. The molecule has 1 aliphatic rings. The van der Waals surface area contributed by atoms with Gasteiger partial charge in [-0.25, -0.2) is 4.98 Å². The van der Waals surface area contributed by atoms with Crippen molar-refractivity contribution in [3.05, 3.63) is 11.1 Å². The molecule has 1 fully saturated rings.